The molecule has 0 radical (unpaired) electrons. The van der Waals surface area contributed by atoms with E-state index in [1.54, 1.807) is 0 Å². The smallest absolute Gasteiger partial charge is 0.157 e. The highest BCUT2D eigenvalue weighted by Gasteiger charge is 2.35. The maximum Gasteiger partial charge on any atom is 0.157 e. The second-order valence-corrected chi connectivity index (χ2v) is 6.33. The van der Waals surface area contributed by atoms with E-state index in [1.807, 2.05) is 11.8 Å². The summed E-state index contributed by atoms with van der Waals surface area (Å²) in [5.74, 6) is 3.06. The molecule has 1 N–H and O–H groups in total. The van der Waals surface area contributed by atoms with Gasteiger partial charge in [0.25, 0.3) is 0 Å². The van der Waals surface area contributed by atoms with Crippen LogP contribution in [0.4, 0.5) is 0 Å². The molecule has 2 fully saturated rings. The third kappa shape index (κ3) is 2.17. The number of aliphatic imine (C=N–C) groups is 1. The fourth-order valence-corrected chi connectivity index (χ4v) is 3.89. The van der Waals surface area contributed by atoms with Crippen LogP contribution in [0, 0.1) is 11.8 Å². The van der Waals surface area contributed by atoms with Crippen molar-refractivity contribution in [2.24, 2.45) is 16.8 Å². The summed E-state index contributed by atoms with van der Waals surface area (Å²) in [6.07, 6.45) is 6.90. The Kier molecular flexibility index (Phi) is 2.67. The normalized spacial score (nSPS) is 44.2. The van der Waals surface area contributed by atoms with Crippen molar-refractivity contribution < 1.29 is 0 Å². The molecule has 2 nitrogen and oxygen atoms in total. The quantitative estimate of drug-likeness (QED) is 0.740. The molecule has 4 atom stereocenters. The molecule has 1 aliphatic heterocycles. The topological polar surface area (TPSA) is 24.4 Å². The highest BCUT2D eigenvalue weighted by Crippen LogP contribution is 2.35. The van der Waals surface area contributed by atoms with Crippen LogP contribution in [0.1, 0.15) is 39.0 Å². The van der Waals surface area contributed by atoms with Crippen LogP contribution in [0.15, 0.2) is 4.99 Å². The van der Waals surface area contributed by atoms with Crippen LogP contribution in [0.3, 0.4) is 0 Å². The van der Waals surface area contributed by atoms with Crippen molar-refractivity contribution in [3.63, 3.8) is 0 Å². The summed E-state index contributed by atoms with van der Waals surface area (Å²) < 4.78 is 0. The number of nitrogens with one attached hydrogen (secondary N) is 1. The minimum absolute atomic E-state index is 0.650. The number of thioether (sulfide) groups is 1. The second kappa shape index (κ2) is 4.00. The predicted octanol–water partition coefficient (Wildman–Crippen LogP) is 2.65. The predicted molar refractivity (Wildman–Crippen MR) is 66.3 cm³/mol. The molecule has 0 aromatic carbocycles. The summed E-state index contributed by atoms with van der Waals surface area (Å²) in [7, 11) is 0. The molecular formula is C12H20N2S. The van der Waals surface area contributed by atoms with Gasteiger partial charge in [0.1, 0.15) is 0 Å². The monoisotopic (exact) mass is 224 g/mol. The Balaban J connectivity index is 1.62. The number of fused-ring (bicyclic) bond motifs is 1. The first-order valence-corrected chi connectivity index (χ1v) is 7.28. The zero-order chi connectivity index (χ0) is 10.3. The minimum Gasteiger partial charge on any atom is -0.362 e. The van der Waals surface area contributed by atoms with Crippen molar-refractivity contribution in [1.29, 1.82) is 0 Å². The summed E-state index contributed by atoms with van der Waals surface area (Å²) in [4.78, 5) is 4.89. The first-order chi connectivity index (χ1) is 7.33. The highest BCUT2D eigenvalue weighted by atomic mass is 32.2. The lowest BCUT2D eigenvalue weighted by Gasteiger charge is -2.32. The zero-order valence-corrected chi connectivity index (χ0v) is 10.2. The highest BCUT2D eigenvalue weighted by molar-refractivity contribution is 8.13. The molecule has 0 spiro atoms. The van der Waals surface area contributed by atoms with E-state index in [9.17, 15) is 0 Å². The van der Waals surface area contributed by atoms with E-state index in [4.69, 9.17) is 4.99 Å². The maximum absolute atomic E-state index is 4.89. The van der Waals surface area contributed by atoms with Crippen molar-refractivity contribution in [1.82, 2.24) is 5.32 Å². The number of hydrogen-bond acceptors (Lipinski definition) is 3. The van der Waals surface area contributed by atoms with Gasteiger partial charge in [0.15, 0.2) is 5.17 Å². The van der Waals surface area contributed by atoms with Gasteiger partial charge in [-0.3, -0.25) is 4.99 Å². The van der Waals surface area contributed by atoms with E-state index in [0.717, 1.165) is 17.9 Å². The average Bonchev–Trinajstić information content (AvgIpc) is 2.94. The van der Waals surface area contributed by atoms with Gasteiger partial charge in [0.2, 0.25) is 0 Å². The summed E-state index contributed by atoms with van der Waals surface area (Å²) >= 11 is 1.96. The molecule has 0 aromatic heterocycles. The Hall–Kier alpha value is -0.180. The van der Waals surface area contributed by atoms with E-state index in [0.29, 0.717) is 6.04 Å². The van der Waals surface area contributed by atoms with Crippen molar-refractivity contribution in [3.8, 4) is 0 Å². The molecule has 3 rings (SSSR count). The minimum atomic E-state index is 0.650. The third-order valence-electron chi connectivity index (χ3n) is 4.00. The largest absolute Gasteiger partial charge is 0.362 e. The average molecular weight is 224 g/mol. The van der Waals surface area contributed by atoms with Gasteiger partial charge >= 0.3 is 0 Å². The van der Waals surface area contributed by atoms with E-state index >= 15 is 0 Å². The Morgan fingerprint density at radius 1 is 1.33 bits per heavy atom. The van der Waals surface area contributed by atoms with Gasteiger partial charge in [-0.1, -0.05) is 31.5 Å². The van der Waals surface area contributed by atoms with Crippen molar-refractivity contribution in [2.75, 3.05) is 5.75 Å². The molecule has 2 saturated carbocycles. The van der Waals surface area contributed by atoms with Gasteiger partial charge < -0.3 is 5.32 Å². The number of rotatable bonds is 1. The fourth-order valence-electron chi connectivity index (χ4n) is 2.69. The lowest BCUT2D eigenvalue weighted by molar-refractivity contribution is 0.335. The van der Waals surface area contributed by atoms with E-state index < -0.39 is 0 Å². The van der Waals surface area contributed by atoms with Gasteiger partial charge in [0.05, 0.1) is 6.04 Å². The third-order valence-corrected chi connectivity index (χ3v) is 5.10. The zero-order valence-electron chi connectivity index (χ0n) is 9.41. The van der Waals surface area contributed by atoms with Crippen LogP contribution in [0.2, 0.25) is 0 Å². The summed E-state index contributed by atoms with van der Waals surface area (Å²) in [6, 6.07) is 1.38. The van der Waals surface area contributed by atoms with Gasteiger partial charge in [0, 0.05) is 11.8 Å². The van der Waals surface area contributed by atoms with Crippen molar-refractivity contribution in [3.05, 3.63) is 0 Å². The van der Waals surface area contributed by atoms with Gasteiger partial charge in [-0.05, 0) is 31.1 Å². The van der Waals surface area contributed by atoms with Crippen molar-refractivity contribution in [2.45, 2.75) is 51.1 Å². The summed E-state index contributed by atoms with van der Waals surface area (Å²) in [5.41, 5.74) is 0. The Morgan fingerprint density at radius 3 is 2.93 bits per heavy atom. The van der Waals surface area contributed by atoms with Crippen LogP contribution < -0.4 is 5.32 Å². The SMILES string of the molecule is CC1CC1NC1=NC2CCCCC2CS1. The first-order valence-electron chi connectivity index (χ1n) is 6.30. The van der Waals surface area contributed by atoms with Crippen LogP contribution in [-0.2, 0) is 0 Å². The lowest BCUT2D eigenvalue weighted by atomic mass is 9.86. The molecule has 0 amide bonds. The van der Waals surface area contributed by atoms with Gasteiger partial charge in [-0.15, -0.1) is 0 Å². The molecule has 4 unspecified atom stereocenters. The molecule has 3 heteroatoms. The van der Waals surface area contributed by atoms with Crippen LogP contribution in [-0.4, -0.2) is 23.0 Å². The molecule has 2 aliphatic carbocycles. The number of nitrogens with zero attached hydrogens (tertiary/aromatic N) is 1. The first kappa shape index (κ1) is 10.0. The molecule has 1 heterocycles. The standard InChI is InChI=1S/C12H20N2S/c1-8-6-11(8)14-12-13-10-5-3-2-4-9(10)7-15-12/h8-11H,2-7H2,1H3,(H,13,14). The Bertz CT molecular complexity index is 277. The molecule has 3 aliphatic rings. The summed E-state index contributed by atoms with van der Waals surface area (Å²) in [5, 5.41) is 4.83. The molecular weight excluding hydrogens is 204 g/mol. The molecule has 0 bridgehead atoms. The number of hydrogen-bond donors (Lipinski definition) is 1. The number of amidine groups is 1. The Morgan fingerprint density at radius 2 is 2.13 bits per heavy atom. The van der Waals surface area contributed by atoms with E-state index in [1.165, 1.54) is 43.0 Å². The van der Waals surface area contributed by atoms with E-state index in [-0.39, 0.29) is 0 Å². The fraction of sp³-hybridized carbons (Fsp3) is 0.917. The molecule has 15 heavy (non-hydrogen) atoms. The molecule has 84 valence electrons. The van der Waals surface area contributed by atoms with Gasteiger partial charge in [-0.2, -0.15) is 0 Å². The van der Waals surface area contributed by atoms with Crippen LogP contribution in [0.5, 0.6) is 0 Å². The van der Waals surface area contributed by atoms with Crippen LogP contribution >= 0.6 is 11.8 Å². The van der Waals surface area contributed by atoms with E-state index in [2.05, 4.69) is 12.2 Å². The molecule has 0 saturated heterocycles. The van der Waals surface area contributed by atoms with Crippen molar-refractivity contribution >= 4 is 16.9 Å². The molecule has 0 aromatic rings. The Labute approximate surface area is 96.3 Å². The second-order valence-electron chi connectivity index (χ2n) is 5.32. The van der Waals surface area contributed by atoms with Crippen LogP contribution in [0.25, 0.3) is 0 Å². The maximum atomic E-state index is 4.89. The van der Waals surface area contributed by atoms with Gasteiger partial charge in [-0.25, -0.2) is 0 Å². The lowest BCUT2D eigenvalue weighted by Crippen LogP contribution is -2.35. The summed E-state index contributed by atoms with van der Waals surface area (Å²) in [6.45, 7) is 2.31.